The van der Waals surface area contributed by atoms with Gasteiger partial charge in [0, 0.05) is 24.4 Å². The quantitative estimate of drug-likeness (QED) is 0.442. The van der Waals surface area contributed by atoms with Gasteiger partial charge in [-0.2, -0.15) is 13.2 Å². The molecule has 10 heteroatoms. The zero-order valence-electron chi connectivity index (χ0n) is 14.2. The summed E-state index contributed by atoms with van der Waals surface area (Å²) in [7, 11) is 1.49. The number of ether oxygens (including phenoxy) is 1. The van der Waals surface area contributed by atoms with Crippen molar-refractivity contribution in [2.45, 2.75) is 12.7 Å². The van der Waals surface area contributed by atoms with Gasteiger partial charge in [0.25, 0.3) is 5.69 Å². The van der Waals surface area contributed by atoms with Crippen molar-refractivity contribution in [3.8, 4) is 5.75 Å². The van der Waals surface area contributed by atoms with E-state index in [0.29, 0.717) is 17.0 Å². The van der Waals surface area contributed by atoms with Gasteiger partial charge in [-0.15, -0.1) is 0 Å². The van der Waals surface area contributed by atoms with Crippen LogP contribution in [0.5, 0.6) is 5.75 Å². The SMILES string of the molecule is COc1ccc(CN(CC(F)(F)F)C(=S)Nc2ccc([N+](=O)[O-])cc2)cc1. The number of hydrogen-bond donors (Lipinski definition) is 1. The van der Waals surface area contributed by atoms with Crippen LogP contribution in [-0.4, -0.2) is 34.8 Å². The van der Waals surface area contributed by atoms with E-state index in [-0.39, 0.29) is 17.3 Å². The molecule has 0 saturated heterocycles. The molecule has 0 spiro atoms. The van der Waals surface area contributed by atoms with Gasteiger partial charge in [-0.25, -0.2) is 0 Å². The van der Waals surface area contributed by atoms with Crippen LogP contribution >= 0.6 is 12.2 Å². The molecule has 0 heterocycles. The molecule has 0 atom stereocenters. The summed E-state index contributed by atoms with van der Waals surface area (Å²) in [5.41, 5.74) is 0.845. The molecule has 0 aliphatic heterocycles. The van der Waals surface area contributed by atoms with Gasteiger partial charge >= 0.3 is 6.18 Å². The lowest BCUT2D eigenvalue weighted by Gasteiger charge is -2.27. The highest BCUT2D eigenvalue weighted by molar-refractivity contribution is 7.80. The molecule has 0 aliphatic carbocycles. The summed E-state index contributed by atoms with van der Waals surface area (Å²) >= 11 is 5.11. The zero-order chi connectivity index (χ0) is 20.0. The van der Waals surface area contributed by atoms with Crippen molar-refractivity contribution < 1.29 is 22.8 Å². The molecule has 2 rings (SSSR count). The molecule has 0 bridgehead atoms. The fourth-order valence-electron chi connectivity index (χ4n) is 2.24. The largest absolute Gasteiger partial charge is 0.497 e. The third-order valence-corrected chi connectivity index (χ3v) is 3.88. The number of nitro benzene ring substituents is 1. The van der Waals surface area contributed by atoms with Gasteiger partial charge in [0.1, 0.15) is 12.3 Å². The Morgan fingerprint density at radius 1 is 1.19 bits per heavy atom. The molecule has 0 amide bonds. The van der Waals surface area contributed by atoms with Gasteiger partial charge in [-0.3, -0.25) is 10.1 Å². The van der Waals surface area contributed by atoms with Crippen molar-refractivity contribution >= 4 is 28.7 Å². The van der Waals surface area contributed by atoms with E-state index in [9.17, 15) is 23.3 Å². The molecule has 0 unspecified atom stereocenters. The first-order valence-electron chi connectivity index (χ1n) is 7.68. The summed E-state index contributed by atoms with van der Waals surface area (Å²) in [6, 6.07) is 11.8. The lowest BCUT2D eigenvalue weighted by Crippen LogP contribution is -2.40. The number of rotatable bonds is 6. The lowest BCUT2D eigenvalue weighted by atomic mass is 10.2. The molecule has 2 aromatic carbocycles. The number of alkyl halides is 3. The van der Waals surface area contributed by atoms with Gasteiger partial charge in [0.2, 0.25) is 0 Å². The van der Waals surface area contributed by atoms with Crippen LogP contribution in [0.15, 0.2) is 48.5 Å². The maximum atomic E-state index is 12.9. The Hall–Kier alpha value is -2.88. The highest BCUT2D eigenvalue weighted by atomic mass is 32.1. The van der Waals surface area contributed by atoms with Crippen LogP contribution in [0.25, 0.3) is 0 Å². The molecule has 0 fully saturated rings. The Kier molecular flexibility index (Phi) is 6.56. The lowest BCUT2D eigenvalue weighted by molar-refractivity contribution is -0.384. The minimum absolute atomic E-state index is 0.0671. The van der Waals surface area contributed by atoms with E-state index >= 15 is 0 Å². The van der Waals surface area contributed by atoms with Crippen molar-refractivity contribution in [3.05, 3.63) is 64.2 Å². The first kappa shape index (κ1) is 20.4. The van der Waals surface area contributed by atoms with Crippen LogP contribution in [0.3, 0.4) is 0 Å². The minimum atomic E-state index is -4.45. The fraction of sp³-hybridized carbons (Fsp3) is 0.235. The molecule has 144 valence electrons. The van der Waals surface area contributed by atoms with E-state index in [1.807, 2.05) is 0 Å². The first-order valence-corrected chi connectivity index (χ1v) is 8.09. The van der Waals surface area contributed by atoms with Gasteiger partial charge in [-0.05, 0) is 42.0 Å². The molecule has 0 radical (unpaired) electrons. The van der Waals surface area contributed by atoms with Gasteiger partial charge in [-0.1, -0.05) is 12.1 Å². The summed E-state index contributed by atoms with van der Waals surface area (Å²) in [6.45, 7) is -1.31. The van der Waals surface area contributed by atoms with Crippen LogP contribution < -0.4 is 10.1 Å². The first-order chi connectivity index (χ1) is 12.7. The molecule has 1 N–H and O–H groups in total. The third kappa shape index (κ3) is 6.41. The molecule has 0 aliphatic rings. The Labute approximate surface area is 158 Å². The molecule has 27 heavy (non-hydrogen) atoms. The Bertz CT molecular complexity index is 796. The van der Waals surface area contributed by atoms with Crippen molar-refractivity contribution in [2.75, 3.05) is 19.0 Å². The number of nitrogens with zero attached hydrogens (tertiary/aromatic N) is 2. The number of nitro groups is 1. The summed E-state index contributed by atoms with van der Waals surface area (Å²) in [5, 5.41) is 13.2. The molecule has 0 saturated carbocycles. The van der Waals surface area contributed by atoms with Crippen LogP contribution in [0.2, 0.25) is 0 Å². The molecular formula is C17H16F3N3O3S. The van der Waals surface area contributed by atoms with E-state index in [4.69, 9.17) is 17.0 Å². The number of hydrogen-bond acceptors (Lipinski definition) is 4. The Balaban J connectivity index is 2.13. The predicted molar refractivity (Wildman–Crippen MR) is 98.8 cm³/mol. The second-order valence-electron chi connectivity index (χ2n) is 5.55. The van der Waals surface area contributed by atoms with Crippen LogP contribution in [-0.2, 0) is 6.54 Å². The second kappa shape index (κ2) is 8.67. The number of thiocarbonyl (C=S) groups is 1. The average Bonchev–Trinajstić information content (AvgIpc) is 2.61. The summed E-state index contributed by atoms with van der Waals surface area (Å²) in [6.07, 6.45) is -4.45. The topological polar surface area (TPSA) is 67.6 Å². The van der Waals surface area contributed by atoms with E-state index in [2.05, 4.69) is 5.32 Å². The number of nitrogens with one attached hydrogen (secondary N) is 1. The van der Waals surface area contributed by atoms with Gasteiger partial charge in [0.15, 0.2) is 5.11 Å². The van der Waals surface area contributed by atoms with Gasteiger partial charge in [0.05, 0.1) is 12.0 Å². The van der Waals surface area contributed by atoms with E-state index in [1.54, 1.807) is 24.3 Å². The number of methoxy groups -OCH3 is 1. The average molecular weight is 399 g/mol. The van der Waals surface area contributed by atoms with Crippen LogP contribution in [0, 0.1) is 10.1 Å². The standard InChI is InChI=1S/C17H16F3N3O3S/c1-26-15-8-2-12(3-9-15)10-22(11-17(18,19)20)16(27)21-13-4-6-14(7-5-13)23(24)25/h2-9H,10-11H2,1H3,(H,21,27). The summed E-state index contributed by atoms with van der Waals surface area (Å²) in [4.78, 5) is 11.1. The minimum Gasteiger partial charge on any atom is -0.497 e. The van der Waals surface area contributed by atoms with Crippen LogP contribution in [0.1, 0.15) is 5.56 Å². The molecule has 0 aromatic heterocycles. The van der Waals surface area contributed by atoms with E-state index in [1.165, 1.54) is 31.4 Å². The second-order valence-corrected chi connectivity index (χ2v) is 5.94. The summed E-state index contributed by atoms with van der Waals surface area (Å²) in [5.74, 6) is 0.590. The highest BCUT2D eigenvalue weighted by Gasteiger charge is 2.32. The van der Waals surface area contributed by atoms with Crippen molar-refractivity contribution in [1.82, 2.24) is 4.90 Å². The van der Waals surface area contributed by atoms with Crippen molar-refractivity contribution in [2.24, 2.45) is 0 Å². The molecular weight excluding hydrogens is 383 g/mol. The van der Waals surface area contributed by atoms with Crippen molar-refractivity contribution in [1.29, 1.82) is 0 Å². The molecule has 2 aromatic rings. The maximum absolute atomic E-state index is 12.9. The number of non-ortho nitro benzene ring substituents is 1. The third-order valence-electron chi connectivity index (χ3n) is 3.52. The predicted octanol–water partition coefficient (Wildman–Crippen LogP) is 4.36. The molecule has 6 nitrogen and oxygen atoms in total. The van der Waals surface area contributed by atoms with E-state index in [0.717, 1.165) is 4.90 Å². The Morgan fingerprint density at radius 3 is 2.26 bits per heavy atom. The fourth-order valence-corrected chi connectivity index (χ4v) is 2.48. The normalized spacial score (nSPS) is 11.0. The smallest absolute Gasteiger partial charge is 0.406 e. The Morgan fingerprint density at radius 2 is 1.78 bits per heavy atom. The maximum Gasteiger partial charge on any atom is 0.406 e. The monoisotopic (exact) mass is 399 g/mol. The van der Waals surface area contributed by atoms with Crippen molar-refractivity contribution in [3.63, 3.8) is 0 Å². The number of halogens is 3. The van der Waals surface area contributed by atoms with Gasteiger partial charge < -0.3 is 15.0 Å². The highest BCUT2D eigenvalue weighted by Crippen LogP contribution is 2.21. The summed E-state index contributed by atoms with van der Waals surface area (Å²) < 4.78 is 43.9. The number of benzene rings is 2. The van der Waals surface area contributed by atoms with E-state index < -0.39 is 17.6 Å². The number of anilines is 1. The zero-order valence-corrected chi connectivity index (χ0v) is 15.0. The van der Waals surface area contributed by atoms with Crippen LogP contribution in [0.4, 0.5) is 24.5 Å².